The van der Waals surface area contributed by atoms with Crippen LogP contribution in [0.25, 0.3) is 0 Å². The Hall–Kier alpha value is -1.63. The molecular weight excluding hydrogens is 236 g/mol. The monoisotopic (exact) mass is 256 g/mol. The van der Waals surface area contributed by atoms with Crippen LogP contribution in [0.4, 0.5) is 11.5 Å². The molecule has 0 aliphatic heterocycles. The lowest BCUT2D eigenvalue weighted by atomic mass is 10.3. The molecule has 1 rings (SSSR count). The van der Waals surface area contributed by atoms with Crippen LogP contribution >= 0.6 is 0 Å². The smallest absolute Gasteiger partial charge is 0.333 e. The van der Waals surface area contributed by atoms with Gasteiger partial charge in [-0.1, -0.05) is 0 Å². The maximum atomic E-state index is 11.0. The van der Waals surface area contributed by atoms with Crippen LogP contribution in [0.3, 0.4) is 0 Å². The molecule has 0 saturated heterocycles. The number of aryl methyl sites for hydroxylation is 2. The first-order chi connectivity index (χ1) is 8.51. The van der Waals surface area contributed by atoms with E-state index in [1.165, 1.54) is 0 Å². The van der Waals surface area contributed by atoms with Crippen molar-refractivity contribution < 1.29 is 9.66 Å². The summed E-state index contributed by atoms with van der Waals surface area (Å²) in [6.07, 6.45) is 0. The third kappa shape index (κ3) is 3.19. The predicted octanol–water partition coefficient (Wildman–Crippen LogP) is 1.96. The summed E-state index contributed by atoms with van der Waals surface area (Å²) in [4.78, 5) is 10.6. The molecule has 0 saturated carbocycles. The minimum atomic E-state index is -0.399. The summed E-state index contributed by atoms with van der Waals surface area (Å²) in [6, 6.07) is -0.00921. The summed E-state index contributed by atoms with van der Waals surface area (Å²) >= 11 is 0. The second kappa shape index (κ2) is 6.34. The third-order valence-electron chi connectivity index (χ3n) is 2.53. The zero-order chi connectivity index (χ0) is 13.7. The van der Waals surface area contributed by atoms with E-state index in [0.717, 1.165) is 0 Å². The zero-order valence-corrected chi connectivity index (χ0v) is 11.3. The van der Waals surface area contributed by atoms with Gasteiger partial charge in [0.1, 0.15) is 5.69 Å². The Balaban J connectivity index is 2.94. The number of anilines is 1. The SMILES string of the molecule is CCOCC(C)Nc1c([N+](=O)[O-])c(C)nn1CC. The third-order valence-corrected chi connectivity index (χ3v) is 2.53. The van der Waals surface area contributed by atoms with Crippen molar-refractivity contribution in [2.45, 2.75) is 40.3 Å². The van der Waals surface area contributed by atoms with E-state index in [2.05, 4.69) is 10.4 Å². The van der Waals surface area contributed by atoms with Gasteiger partial charge in [-0.3, -0.25) is 10.1 Å². The van der Waals surface area contributed by atoms with Crippen LogP contribution in [0.1, 0.15) is 26.5 Å². The van der Waals surface area contributed by atoms with E-state index >= 15 is 0 Å². The number of aromatic nitrogens is 2. The van der Waals surface area contributed by atoms with E-state index in [9.17, 15) is 10.1 Å². The van der Waals surface area contributed by atoms with Gasteiger partial charge >= 0.3 is 5.69 Å². The number of nitro groups is 1. The Bertz CT molecular complexity index is 417. The van der Waals surface area contributed by atoms with Gasteiger partial charge in [0.25, 0.3) is 0 Å². The number of nitrogens with zero attached hydrogens (tertiary/aromatic N) is 3. The zero-order valence-electron chi connectivity index (χ0n) is 11.3. The molecule has 0 bridgehead atoms. The van der Waals surface area contributed by atoms with Crippen molar-refractivity contribution >= 4 is 11.5 Å². The van der Waals surface area contributed by atoms with Crippen LogP contribution in [0.15, 0.2) is 0 Å². The van der Waals surface area contributed by atoms with Gasteiger partial charge in [-0.05, 0) is 27.7 Å². The highest BCUT2D eigenvalue weighted by molar-refractivity contribution is 5.59. The molecule has 7 nitrogen and oxygen atoms in total. The summed E-state index contributed by atoms with van der Waals surface area (Å²) in [7, 11) is 0. The molecule has 0 fully saturated rings. The first kappa shape index (κ1) is 14.4. The summed E-state index contributed by atoms with van der Waals surface area (Å²) in [6.45, 7) is 9.08. The first-order valence-corrected chi connectivity index (χ1v) is 6.07. The molecule has 1 aromatic heterocycles. The molecule has 1 heterocycles. The van der Waals surface area contributed by atoms with Gasteiger partial charge < -0.3 is 10.1 Å². The lowest BCUT2D eigenvalue weighted by molar-refractivity contribution is -0.384. The molecule has 18 heavy (non-hydrogen) atoms. The van der Waals surface area contributed by atoms with E-state index in [1.807, 2.05) is 20.8 Å². The van der Waals surface area contributed by atoms with Crippen molar-refractivity contribution in [3.05, 3.63) is 15.8 Å². The van der Waals surface area contributed by atoms with Crippen molar-refractivity contribution in [2.24, 2.45) is 0 Å². The van der Waals surface area contributed by atoms with Gasteiger partial charge in [0.15, 0.2) is 0 Å². The van der Waals surface area contributed by atoms with Gasteiger partial charge in [0.05, 0.1) is 11.5 Å². The molecule has 1 aromatic rings. The Kier molecular flexibility index (Phi) is 5.08. The van der Waals surface area contributed by atoms with E-state index in [-0.39, 0.29) is 11.7 Å². The molecule has 102 valence electrons. The highest BCUT2D eigenvalue weighted by atomic mass is 16.6. The van der Waals surface area contributed by atoms with E-state index in [0.29, 0.717) is 31.3 Å². The van der Waals surface area contributed by atoms with Crippen LogP contribution in [0.5, 0.6) is 0 Å². The van der Waals surface area contributed by atoms with Crippen molar-refractivity contribution in [1.82, 2.24) is 9.78 Å². The Morgan fingerprint density at radius 2 is 2.22 bits per heavy atom. The minimum absolute atomic E-state index is 0.00921. The molecule has 0 spiro atoms. The lowest BCUT2D eigenvalue weighted by Crippen LogP contribution is -2.24. The van der Waals surface area contributed by atoms with Crippen LogP contribution in [-0.2, 0) is 11.3 Å². The summed E-state index contributed by atoms with van der Waals surface area (Å²) < 4.78 is 6.89. The van der Waals surface area contributed by atoms with E-state index < -0.39 is 4.92 Å². The predicted molar refractivity (Wildman–Crippen MR) is 68.9 cm³/mol. The highest BCUT2D eigenvalue weighted by Gasteiger charge is 2.25. The number of ether oxygens (including phenoxy) is 1. The fourth-order valence-electron chi connectivity index (χ4n) is 1.73. The minimum Gasteiger partial charge on any atom is -0.380 e. The highest BCUT2D eigenvalue weighted by Crippen LogP contribution is 2.28. The van der Waals surface area contributed by atoms with Crippen molar-refractivity contribution in [1.29, 1.82) is 0 Å². The Labute approximate surface area is 106 Å². The van der Waals surface area contributed by atoms with Gasteiger partial charge in [0.2, 0.25) is 5.82 Å². The van der Waals surface area contributed by atoms with E-state index in [4.69, 9.17) is 4.74 Å². The molecule has 0 amide bonds. The standard InChI is InChI=1S/C11H20N4O3/c1-5-14-11(12-8(3)7-18-6-2)10(15(16)17)9(4)13-14/h8,12H,5-7H2,1-4H3. The number of hydrogen-bond donors (Lipinski definition) is 1. The summed E-state index contributed by atoms with van der Waals surface area (Å²) in [5.41, 5.74) is 0.466. The molecule has 0 aliphatic carbocycles. The first-order valence-electron chi connectivity index (χ1n) is 6.07. The van der Waals surface area contributed by atoms with E-state index in [1.54, 1.807) is 11.6 Å². The van der Waals surface area contributed by atoms with Gasteiger partial charge in [0, 0.05) is 19.2 Å². The number of nitrogens with one attached hydrogen (secondary N) is 1. The van der Waals surface area contributed by atoms with Crippen molar-refractivity contribution in [3.63, 3.8) is 0 Å². The quantitative estimate of drug-likeness (QED) is 0.595. The fourth-order valence-corrected chi connectivity index (χ4v) is 1.73. The van der Waals surface area contributed by atoms with Gasteiger partial charge in [-0.2, -0.15) is 5.10 Å². The maximum absolute atomic E-state index is 11.0. The van der Waals surface area contributed by atoms with Crippen molar-refractivity contribution in [2.75, 3.05) is 18.5 Å². The topological polar surface area (TPSA) is 82.2 Å². The molecule has 1 unspecified atom stereocenters. The largest absolute Gasteiger partial charge is 0.380 e. The maximum Gasteiger partial charge on any atom is 0.333 e. The average Bonchev–Trinajstić information content (AvgIpc) is 2.62. The molecule has 0 aromatic carbocycles. The Morgan fingerprint density at radius 3 is 2.72 bits per heavy atom. The molecule has 1 atom stereocenters. The molecule has 0 radical (unpaired) electrons. The van der Waals surface area contributed by atoms with Crippen molar-refractivity contribution in [3.8, 4) is 0 Å². The van der Waals surface area contributed by atoms with Crippen LogP contribution in [-0.4, -0.2) is 34.0 Å². The van der Waals surface area contributed by atoms with Crippen LogP contribution in [0.2, 0.25) is 0 Å². The molecule has 1 N–H and O–H groups in total. The average molecular weight is 256 g/mol. The second-order valence-corrected chi connectivity index (χ2v) is 4.06. The van der Waals surface area contributed by atoms with Gasteiger partial charge in [-0.25, -0.2) is 4.68 Å². The molecule has 0 aliphatic rings. The Morgan fingerprint density at radius 1 is 1.56 bits per heavy atom. The second-order valence-electron chi connectivity index (χ2n) is 4.06. The molecular formula is C11H20N4O3. The fraction of sp³-hybridized carbons (Fsp3) is 0.727. The van der Waals surface area contributed by atoms with Gasteiger partial charge in [-0.15, -0.1) is 0 Å². The summed E-state index contributed by atoms with van der Waals surface area (Å²) in [5, 5.41) is 18.3. The molecule has 7 heteroatoms. The normalized spacial score (nSPS) is 12.4. The van der Waals surface area contributed by atoms with Crippen LogP contribution in [0, 0.1) is 17.0 Å². The number of hydrogen-bond acceptors (Lipinski definition) is 5. The summed E-state index contributed by atoms with van der Waals surface area (Å²) in [5.74, 6) is 0.451. The van der Waals surface area contributed by atoms with Crippen LogP contribution < -0.4 is 5.32 Å². The number of rotatable bonds is 7. The lowest BCUT2D eigenvalue weighted by Gasteiger charge is -2.15.